The predicted octanol–water partition coefficient (Wildman–Crippen LogP) is 4.27. The molecule has 0 aliphatic carbocycles. The van der Waals surface area contributed by atoms with Crippen LogP contribution >= 0.6 is 0 Å². The Kier molecular flexibility index (Phi) is 16.3. The largest absolute Gasteiger partial charge is 2.00 e. The number of carbonyl (C=O) groups is 2. The summed E-state index contributed by atoms with van der Waals surface area (Å²) in [6, 6.07) is 27.8. The van der Waals surface area contributed by atoms with Crippen LogP contribution in [0.5, 0.6) is 11.5 Å². The van der Waals surface area contributed by atoms with E-state index in [1.165, 1.54) is 0 Å². The molecule has 0 unspecified atom stereocenters. The van der Waals surface area contributed by atoms with Gasteiger partial charge in [-0.25, -0.2) is 26.4 Å². The van der Waals surface area contributed by atoms with E-state index in [9.17, 15) is 35.5 Å². The van der Waals surface area contributed by atoms with Gasteiger partial charge in [0.15, 0.2) is 0 Å². The van der Waals surface area contributed by atoms with Crippen LogP contribution < -0.4 is 0 Å². The van der Waals surface area contributed by atoms with Crippen LogP contribution in [0.4, 0.5) is 0 Å². The number of hydrogen-bond acceptors (Lipinski definition) is 14. The Bertz CT molecular complexity index is 2080. The van der Waals surface area contributed by atoms with Gasteiger partial charge in [-0.1, -0.05) is 24.3 Å². The van der Waals surface area contributed by atoms with Crippen molar-refractivity contribution in [1.82, 2.24) is 19.9 Å². The molecule has 1 radical (unpaired) electrons. The second-order valence-electron chi connectivity index (χ2n) is 9.74. The standard InChI is InChI=1S/2C10H8N2.2C7H6O6S.Cu/c2*1-3-7-11-9(5-1)10-6-2-4-8-12-10;2*8-6-2-1-4(14(11,12)13)3-5(6)7(9)10;/h2*1-8H;2*1-3,8H,(H,9,10)(H,11,12,13);/q;;;;+2/p-2. The van der Waals surface area contributed by atoms with Gasteiger partial charge in [-0.2, -0.15) is 0 Å². The Morgan fingerprint density at radius 1 is 0.472 bits per heavy atom. The van der Waals surface area contributed by atoms with E-state index in [2.05, 4.69) is 19.9 Å². The first-order valence-electron chi connectivity index (χ1n) is 14.3. The molecule has 0 amide bonds. The van der Waals surface area contributed by atoms with Crippen LogP contribution in [0.1, 0.15) is 20.7 Å². The summed E-state index contributed by atoms with van der Waals surface area (Å²) in [5.74, 6) is -4.20. The molecule has 0 spiro atoms. The molecule has 6 aromatic rings. The number of hydrogen-bond donors (Lipinski definition) is 4. The molecule has 4 heterocycles. The van der Waals surface area contributed by atoms with Crippen molar-refractivity contribution in [2.75, 3.05) is 0 Å². The third-order valence-electron chi connectivity index (χ3n) is 6.16. The summed E-state index contributed by atoms with van der Waals surface area (Å²) in [4.78, 5) is 36.3. The smallest absolute Gasteiger partial charge is 0.744 e. The summed E-state index contributed by atoms with van der Waals surface area (Å²) in [5, 5.41) is 35.0. The van der Waals surface area contributed by atoms with Gasteiger partial charge in [-0.3, -0.25) is 19.9 Å². The van der Waals surface area contributed by atoms with Crippen molar-refractivity contribution in [2.45, 2.75) is 9.79 Å². The van der Waals surface area contributed by atoms with E-state index in [4.69, 9.17) is 20.4 Å². The molecule has 4 N–H and O–H groups in total. The Morgan fingerprint density at radius 3 is 0.925 bits per heavy atom. The summed E-state index contributed by atoms with van der Waals surface area (Å²) < 4.78 is 62.9. The summed E-state index contributed by atoms with van der Waals surface area (Å²) in [6.45, 7) is 0. The summed E-state index contributed by atoms with van der Waals surface area (Å²) >= 11 is 0. The average molecular weight is 810 g/mol. The molecular weight excluding hydrogens is 784 g/mol. The van der Waals surface area contributed by atoms with Gasteiger partial charge in [0, 0.05) is 24.8 Å². The van der Waals surface area contributed by atoms with Crippen LogP contribution in [-0.2, 0) is 37.3 Å². The number of aromatic hydroxyl groups is 2. The minimum atomic E-state index is -4.70. The van der Waals surface area contributed by atoms with Gasteiger partial charge < -0.3 is 29.5 Å². The van der Waals surface area contributed by atoms with Gasteiger partial charge >= 0.3 is 29.0 Å². The minimum Gasteiger partial charge on any atom is -0.744 e. The van der Waals surface area contributed by atoms with Crippen LogP contribution in [0.2, 0.25) is 0 Å². The zero-order chi connectivity index (χ0) is 38.3. The zero-order valence-electron chi connectivity index (χ0n) is 26.7. The van der Waals surface area contributed by atoms with E-state index in [-0.39, 0.29) is 17.1 Å². The van der Waals surface area contributed by atoms with E-state index in [1.807, 2.05) is 72.8 Å². The number of nitrogens with zero attached hydrogens (tertiary/aromatic N) is 4. The zero-order valence-corrected chi connectivity index (χ0v) is 29.2. The van der Waals surface area contributed by atoms with Crippen molar-refractivity contribution >= 4 is 32.2 Å². The summed E-state index contributed by atoms with van der Waals surface area (Å²) in [7, 11) is -9.40. The maximum absolute atomic E-state index is 10.5. The number of rotatable bonds is 6. The Balaban J connectivity index is 0.000000243. The van der Waals surface area contributed by atoms with Gasteiger partial charge in [0.2, 0.25) is 0 Å². The number of phenols is 2. The van der Waals surface area contributed by atoms with Crippen LogP contribution in [-0.4, -0.2) is 78.2 Å². The van der Waals surface area contributed by atoms with Crippen LogP contribution in [0.3, 0.4) is 0 Å². The minimum absolute atomic E-state index is 0. The first-order valence-corrected chi connectivity index (χ1v) is 17.1. The maximum Gasteiger partial charge on any atom is 2.00 e. The fourth-order valence-corrected chi connectivity index (χ4v) is 4.73. The Labute approximate surface area is 313 Å². The van der Waals surface area contributed by atoms with Crippen molar-refractivity contribution < 1.29 is 73.0 Å². The van der Waals surface area contributed by atoms with Crippen LogP contribution in [0.15, 0.2) is 144 Å². The van der Waals surface area contributed by atoms with Gasteiger partial charge in [0.05, 0.1) is 32.6 Å². The van der Waals surface area contributed by atoms with Crippen molar-refractivity contribution in [3.63, 3.8) is 0 Å². The van der Waals surface area contributed by atoms with Crippen LogP contribution in [0, 0.1) is 0 Å². The van der Waals surface area contributed by atoms with Crippen molar-refractivity contribution in [3.05, 3.63) is 145 Å². The van der Waals surface area contributed by atoms with Gasteiger partial charge in [0.1, 0.15) is 42.9 Å². The molecule has 0 aliphatic heterocycles. The third-order valence-corrected chi connectivity index (χ3v) is 7.82. The van der Waals surface area contributed by atoms with Gasteiger partial charge in [-0.15, -0.1) is 0 Å². The Hall–Kier alpha value is -6.08. The average Bonchev–Trinajstić information content (AvgIpc) is 3.13. The maximum atomic E-state index is 10.5. The molecule has 19 heteroatoms. The molecule has 6 rings (SSSR count). The van der Waals surface area contributed by atoms with Gasteiger partial charge in [-0.05, 0) is 84.9 Å². The molecule has 0 bridgehead atoms. The number of carboxylic acids is 2. The Morgan fingerprint density at radius 2 is 0.736 bits per heavy atom. The summed E-state index contributed by atoms with van der Waals surface area (Å²) in [5.41, 5.74) is 2.41. The normalized spacial score (nSPS) is 10.3. The topological polar surface area (TPSA) is 281 Å². The number of carboxylic acid groups (broad SMARTS) is 2. The first kappa shape index (κ1) is 43.1. The first-order chi connectivity index (χ1) is 24.6. The fraction of sp³-hybridized carbons (Fsp3) is 0. The molecule has 2 aromatic carbocycles. The summed E-state index contributed by atoms with van der Waals surface area (Å²) in [6.07, 6.45) is 7.07. The molecule has 0 aliphatic rings. The monoisotopic (exact) mass is 809 g/mol. The number of aromatic nitrogens is 4. The van der Waals surface area contributed by atoms with E-state index in [0.717, 1.165) is 47.0 Å². The second-order valence-corrected chi connectivity index (χ2v) is 12.5. The number of benzene rings is 2. The van der Waals surface area contributed by atoms with Gasteiger partial charge in [0.25, 0.3) is 0 Å². The third kappa shape index (κ3) is 13.9. The van der Waals surface area contributed by atoms with Crippen molar-refractivity contribution in [3.8, 4) is 34.3 Å². The molecule has 16 nitrogen and oxygen atoms in total. The molecule has 0 fully saturated rings. The van der Waals surface area contributed by atoms with Crippen molar-refractivity contribution in [2.24, 2.45) is 0 Å². The van der Waals surface area contributed by atoms with E-state index in [0.29, 0.717) is 12.1 Å². The molecular formula is C34H26CuN4O12S2. The molecule has 277 valence electrons. The number of pyridine rings is 4. The van der Waals surface area contributed by atoms with E-state index in [1.54, 1.807) is 24.8 Å². The predicted molar refractivity (Wildman–Crippen MR) is 181 cm³/mol. The second kappa shape index (κ2) is 20.1. The van der Waals surface area contributed by atoms with Crippen molar-refractivity contribution in [1.29, 1.82) is 0 Å². The molecule has 0 atom stereocenters. The van der Waals surface area contributed by atoms with E-state index < -0.39 is 64.6 Å². The molecule has 0 saturated heterocycles. The SMILES string of the molecule is O=C(O)c1cc(S(=O)(=O)[O-])ccc1O.O=C(O)c1cc(S(=O)(=O)[O-])ccc1O.[Cu+2].c1ccc(-c2ccccn2)nc1.c1ccc(-c2ccccn2)nc1. The van der Waals surface area contributed by atoms with E-state index >= 15 is 0 Å². The number of aromatic carboxylic acids is 2. The molecule has 53 heavy (non-hydrogen) atoms. The fourth-order valence-electron chi connectivity index (χ4n) is 3.74. The molecule has 0 saturated carbocycles. The quantitative estimate of drug-likeness (QED) is 0.135. The van der Waals surface area contributed by atoms with Crippen LogP contribution in [0.25, 0.3) is 22.8 Å². The molecule has 4 aromatic heterocycles.